The number of carbonyl (C=O) groups excluding carboxylic acids is 1. The number of amides is 1. The Kier molecular flexibility index (Phi) is 6.97. The van der Waals surface area contributed by atoms with Gasteiger partial charge in [0.05, 0.1) is 31.3 Å². The number of aryl methyl sites for hydroxylation is 2. The van der Waals surface area contributed by atoms with Crippen LogP contribution < -0.4 is 14.8 Å². The van der Waals surface area contributed by atoms with Crippen LogP contribution in [0.1, 0.15) is 22.0 Å². The zero-order chi connectivity index (χ0) is 19.8. The SMILES string of the molecule is COc1ccc(CNC(=O)Cc2csc(CCc3ccccn3)n2)cc1OC. The fraction of sp³-hybridized carbons (Fsp3) is 0.286. The summed E-state index contributed by atoms with van der Waals surface area (Å²) in [6, 6.07) is 11.5. The number of benzene rings is 1. The summed E-state index contributed by atoms with van der Waals surface area (Å²) < 4.78 is 10.5. The van der Waals surface area contributed by atoms with Gasteiger partial charge in [0.1, 0.15) is 0 Å². The quantitative estimate of drug-likeness (QED) is 0.600. The molecule has 1 aromatic carbocycles. The molecule has 0 fully saturated rings. The first kappa shape index (κ1) is 19.8. The second-order valence-corrected chi connectivity index (χ2v) is 7.14. The summed E-state index contributed by atoms with van der Waals surface area (Å²) in [5.74, 6) is 1.25. The van der Waals surface area contributed by atoms with Crippen molar-refractivity contribution in [2.24, 2.45) is 0 Å². The molecule has 6 nitrogen and oxygen atoms in total. The molecular formula is C21H23N3O3S. The van der Waals surface area contributed by atoms with Crippen molar-refractivity contribution in [3.8, 4) is 11.5 Å². The third-order valence-corrected chi connectivity index (χ3v) is 5.16. The zero-order valence-corrected chi connectivity index (χ0v) is 16.8. The van der Waals surface area contributed by atoms with Gasteiger partial charge >= 0.3 is 0 Å². The molecule has 7 heteroatoms. The van der Waals surface area contributed by atoms with Gasteiger partial charge in [-0.05, 0) is 36.2 Å². The zero-order valence-electron chi connectivity index (χ0n) is 16.0. The van der Waals surface area contributed by atoms with E-state index < -0.39 is 0 Å². The van der Waals surface area contributed by atoms with Crippen molar-refractivity contribution >= 4 is 17.2 Å². The summed E-state index contributed by atoms with van der Waals surface area (Å²) >= 11 is 1.58. The van der Waals surface area contributed by atoms with Crippen LogP contribution in [0.3, 0.4) is 0 Å². The van der Waals surface area contributed by atoms with Crippen molar-refractivity contribution in [1.82, 2.24) is 15.3 Å². The van der Waals surface area contributed by atoms with E-state index in [0.29, 0.717) is 18.0 Å². The van der Waals surface area contributed by atoms with Gasteiger partial charge in [0, 0.05) is 30.2 Å². The monoisotopic (exact) mass is 397 g/mol. The van der Waals surface area contributed by atoms with Gasteiger partial charge in [-0.2, -0.15) is 0 Å². The van der Waals surface area contributed by atoms with Crippen LogP contribution >= 0.6 is 11.3 Å². The Labute approximate surface area is 168 Å². The molecule has 0 aliphatic carbocycles. The molecule has 2 aromatic heterocycles. The van der Waals surface area contributed by atoms with E-state index in [-0.39, 0.29) is 12.3 Å². The summed E-state index contributed by atoms with van der Waals surface area (Å²) in [6.45, 7) is 0.426. The molecule has 0 aliphatic heterocycles. The van der Waals surface area contributed by atoms with Gasteiger partial charge in [-0.3, -0.25) is 9.78 Å². The molecule has 3 rings (SSSR count). The number of nitrogens with one attached hydrogen (secondary N) is 1. The van der Waals surface area contributed by atoms with Crippen LogP contribution in [0.2, 0.25) is 0 Å². The lowest BCUT2D eigenvalue weighted by molar-refractivity contribution is -0.120. The highest BCUT2D eigenvalue weighted by Crippen LogP contribution is 2.27. The third-order valence-electron chi connectivity index (χ3n) is 4.20. The Bertz CT molecular complexity index is 912. The van der Waals surface area contributed by atoms with Gasteiger partial charge in [0.25, 0.3) is 0 Å². The maximum Gasteiger partial charge on any atom is 0.226 e. The van der Waals surface area contributed by atoms with E-state index in [0.717, 1.165) is 34.8 Å². The second-order valence-electron chi connectivity index (χ2n) is 6.20. The summed E-state index contributed by atoms with van der Waals surface area (Å²) in [4.78, 5) is 21.1. The van der Waals surface area contributed by atoms with Gasteiger partial charge < -0.3 is 14.8 Å². The van der Waals surface area contributed by atoms with Crippen LogP contribution in [0, 0.1) is 0 Å². The molecule has 0 aliphatic rings. The molecule has 28 heavy (non-hydrogen) atoms. The second kappa shape index (κ2) is 9.85. The summed E-state index contributed by atoms with van der Waals surface area (Å²) in [7, 11) is 3.19. The van der Waals surface area contributed by atoms with Crippen molar-refractivity contribution in [1.29, 1.82) is 0 Å². The average molecular weight is 398 g/mol. The molecule has 0 saturated heterocycles. The smallest absolute Gasteiger partial charge is 0.226 e. The van der Waals surface area contributed by atoms with Crippen molar-refractivity contribution in [2.45, 2.75) is 25.8 Å². The molecule has 0 atom stereocenters. The van der Waals surface area contributed by atoms with Gasteiger partial charge in [0.2, 0.25) is 5.91 Å². The maximum absolute atomic E-state index is 12.2. The molecule has 0 radical (unpaired) electrons. The number of hydrogen-bond acceptors (Lipinski definition) is 6. The van der Waals surface area contributed by atoms with Crippen LogP contribution in [0.25, 0.3) is 0 Å². The highest BCUT2D eigenvalue weighted by molar-refractivity contribution is 7.09. The fourth-order valence-corrected chi connectivity index (χ4v) is 3.54. The van der Waals surface area contributed by atoms with Crippen LogP contribution in [0.15, 0.2) is 48.0 Å². The first-order valence-electron chi connectivity index (χ1n) is 8.98. The lowest BCUT2D eigenvalue weighted by atomic mass is 10.2. The molecule has 1 N–H and O–H groups in total. The van der Waals surface area contributed by atoms with Gasteiger partial charge in [-0.15, -0.1) is 11.3 Å². The number of thiazole rings is 1. The molecule has 146 valence electrons. The number of aromatic nitrogens is 2. The van der Waals surface area contributed by atoms with E-state index >= 15 is 0 Å². The molecule has 0 unspecified atom stereocenters. The maximum atomic E-state index is 12.2. The predicted molar refractivity (Wildman–Crippen MR) is 109 cm³/mol. The molecule has 0 saturated carbocycles. The van der Waals surface area contributed by atoms with E-state index in [1.807, 2.05) is 41.8 Å². The van der Waals surface area contributed by atoms with Crippen LogP contribution in [-0.2, 0) is 30.6 Å². The molecule has 1 amide bonds. The van der Waals surface area contributed by atoms with Gasteiger partial charge in [0.15, 0.2) is 11.5 Å². The molecule has 2 heterocycles. The van der Waals surface area contributed by atoms with Gasteiger partial charge in [-0.25, -0.2) is 4.98 Å². The Balaban J connectivity index is 1.48. The number of methoxy groups -OCH3 is 2. The number of carbonyl (C=O) groups is 1. The molecular weight excluding hydrogens is 374 g/mol. The first-order chi connectivity index (χ1) is 13.7. The van der Waals surface area contributed by atoms with E-state index in [4.69, 9.17) is 9.47 Å². The predicted octanol–water partition coefficient (Wildman–Crippen LogP) is 3.20. The van der Waals surface area contributed by atoms with Crippen LogP contribution in [-0.4, -0.2) is 30.1 Å². The number of nitrogens with zero attached hydrogens (tertiary/aromatic N) is 2. The van der Waals surface area contributed by atoms with E-state index in [1.54, 1.807) is 31.8 Å². The fourth-order valence-electron chi connectivity index (χ4n) is 2.74. The highest BCUT2D eigenvalue weighted by atomic mass is 32.1. The standard InChI is InChI=1S/C21H23N3O3S/c1-26-18-8-6-15(11-19(18)27-2)13-23-20(25)12-17-14-28-21(24-17)9-7-16-5-3-4-10-22-16/h3-6,8,10-11,14H,7,9,12-13H2,1-2H3,(H,23,25). The summed E-state index contributed by atoms with van der Waals surface area (Å²) in [5.41, 5.74) is 2.79. The topological polar surface area (TPSA) is 73.3 Å². The Morgan fingerprint density at radius 3 is 2.68 bits per heavy atom. The first-order valence-corrected chi connectivity index (χ1v) is 9.86. The largest absolute Gasteiger partial charge is 0.493 e. The van der Waals surface area contributed by atoms with Crippen molar-refractivity contribution in [3.63, 3.8) is 0 Å². The molecule has 0 bridgehead atoms. The summed E-state index contributed by atoms with van der Waals surface area (Å²) in [5, 5.41) is 5.89. The third kappa shape index (κ3) is 5.53. The number of ether oxygens (including phenoxy) is 2. The number of hydrogen-bond donors (Lipinski definition) is 1. The van der Waals surface area contributed by atoms with Gasteiger partial charge in [-0.1, -0.05) is 12.1 Å². The van der Waals surface area contributed by atoms with Crippen LogP contribution in [0.5, 0.6) is 11.5 Å². The lowest BCUT2D eigenvalue weighted by Crippen LogP contribution is -2.24. The van der Waals surface area contributed by atoms with E-state index in [9.17, 15) is 4.79 Å². The highest BCUT2D eigenvalue weighted by Gasteiger charge is 2.10. The number of rotatable bonds is 9. The Morgan fingerprint density at radius 2 is 1.93 bits per heavy atom. The minimum Gasteiger partial charge on any atom is -0.493 e. The Morgan fingerprint density at radius 1 is 1.07 bits per heavy atom. The number of pyridine rings is 1. The molecule has 3 aromatic rings. The van der Waals surface area contributed by atoms with Crippen LogP contribution in [0.4, 0.5) is 0 Å². The Hall–Kier alpha value is -2.93. The van der Waals surface area contributed by atoms with E-state index in [2.05, 4.69) is 15.3 Å². The van der Waals surface area contributed by atoms with Crippen molar-refractivity contribution < 1.29 is 14.3 Å². The summed E-state index contributed by atoms with van der Waals surface area (Å²) in [6.07, 6.45) is 3.74. The van der Waals surface area contributed by atoms with Crippen molar-refractivity contribution in [3.05, 3.63) is 69.9 Å². The van der Waals surface area contributed by atoms with Crippen molar-refractivity contribution in [2.75, 3.05) is 14.2 Å². The minimum atomic E-state index is -0.0589. The average Bonchev–Trinajstić information content (AvgIpc) is 3.18. The lowest BCUT2D eigenvalue weighted by Gasteiger charge is -2.10. The minimum absolute atomic E-state index is 0.0589. The normalized spacial score (nSPS) is 10.5. The van der Waals surface area contributed by atoms with E-state index in [1.165, 1.54) is 0 Å². The molecule has 0 spiro atoms.